The Bertz CT molecular complexity index is 273. The van der Waals surface area contributed by atoms with Gasteiger partial charge in [0, 0.05) is 5.69 Å². The minimum atomic E-state index is 0.514. The van der Waals surface area contributed by atoms with E-state index in [-0.39, 0.29) is 0 Å². The first-order chi connectivity index (χ1) is 5.24. The van der Waals surface area contributed by atoms with Gasteiger partial charge in [-0.05, 0) is 19.1 Å². The number of aryl methyl sites for hydroxylation is 1. The number of anilines is 2. The quantitative estimate of drug-likeness (QED) is 0.647. The summed E-state index contributed by atoms with van der Waals surface area (Å²) in [6.07, 6.45) is 0. The summed E-state index contributed by atoms with van der Waals surface area (Å²) >= 11 is 4.36. The lowest BCUT2D eigenvalue weighted by Gasteiger charge is -2.02. The molecule has 0 aliphatic heterocycles. The van der Waals surface area contributed by atoms with Gasteiger partial charge in [-0.25, -0.2) is 10.4 Å². The van der Waals surface area contributed by atoms with Crippen molar-refractivity contribution in [2.45, 2.75) is 6.92 Å². The summed E-state index contributed by atoms with van der Waals surface area (Å²) in [4.78, 5) is 4.07. The van der Waals surface area contributed by atoms with Crippen LogP contribution in [0.15, 0.2) is 16.6 Å². The maximum absolute atomic E-state index is 5.54. The molecule has 4 nitrogen and oxygen atoms in total. The third kappa shape index (κ3) is 1.84. The van der Waals surface area contributed by atoms with E-state index in [2.05, 4.69) is 27.3 Å². The second-order valence-electron chi connectivity index (χ2n) is 2.09. The van der Waals surface area contributed by atoms with Crippen molar-refractivity contribution in [3.8, 4) is 0 Å². The third-order valence-electron chi connectivity index (χ3n) is 1.22. The van der Waals surface area contributed by atoms with Crippen LogP contribution in [0, 0.1) is 6.92 Å². The summed E-state index contributed by atoms with van der Waals surface area (Å²) in [5, 5.41) is 0. The number of pyridine rings is 1. The molecule has 0 saturated heterocycles. The van der Waals surface area contributed by atoms with Gasteiger partial charge in [-0.1, -0.05) is 0 Å². The van der Waals surface area contributed by atoms with E-state index in [4.69, 9.17) is 5.73 Å². The molecule has 0 aliphatic rings. The van der Waals surface area contributed by atoms with Crippen molar-refractivity contribution in [1.82, 2.24) is 4.98 Å². The van der Waals surface area contributed by atoms with Crippen molar-refractivity contribution in [1.29, 1.82) is 0 Å². The van der Waals surface area contributed by atoms with Crippen molar-refractivity contribution >= 4 is 23.9 Å². The van der Waals surface area contributed by atoms with E-state index in [1.807, 2.05) is 13.0 Å². The van der Waals surface area contributed by atoms with Crippen LogP contribution >= 0.6 is 0 Å². The van der Waals surface area contributed by atoms with E-state index in [9.17, 15) is 0 Å². The van der Waals surface area contributed by atoms with Gasteiger partial charge in [-0.15, -0.1) is 4.47 Å². The van der Waals surface area contributed by atoms with Crippen LogP contribution in [0.25, 0.3) is 0 Å². The smallest absolute Gasteiger partial charge is 0.170 e. The van der Waals surface area contributed by atoms with Crippen LogP contribution in [0.2, 0.25) is 0 Å². The first-order valence-corrected chi connectivity index (χ1v) is 3.42. The van der Waals surface area contributed by atoms with Gasteiger partial charge in [0.05, 0.1) is 18.1 Å². The highest BCUT2D eigenvalue weighted by molar-refractivity contribution is 7.47. The van der Waals surface area contributed by atoms with Gasteiger partial charge in [-0.3, -0.25) is 0 Å². The second-order valence-corrected chi connectivity index (χ2v) is 2.28. The van der Waals surface area contributed by atoms with Crippen molar-refractivity contribution in [3.05, 3.63) is 17.8 Å². The zero-order valence-corrected chi connectivity index (χ0v) is 6.85. The molecule has 0 saturated carbocycles. The number of hydrogen-bond donors (Lipinski definition) is 2. The molecule has 0 bridgehead atoms. The molecular weight excluding hydrogens is 160 g/mol. The Balaban J connectivity index is 3.01. The fourth-order valence-corrected chi connectivity index (χ4v) is 0.787. The fraction of sp³-hybridized carbons (Fsp3) is 0.167. The highest BCUT2D eigenvalue weighted by atomic mass is 32.1. The molecule has 58 valence electrons. The standard InChI is InChI=1S/C6H8N4S/c1-4-2-3-5(7)6(8-4)9-10-11/h2-3H,7H2,1H3,(H,8,9,11). The molecular formula is C6H8N4S. The molecule has 0 atom stereocenters. The van der Waals surface area contributed by atoms with E-state index < -0.39 is 0 Å². The van der Waals surface area contributed by atoms with E-state index in [0.717, 1.165) is 5.69 Å². The summed E-state index contributed by atoms with van der Waals surface area (Å²) in [7, 11) is 0. The monoisotopic (exact) mass is 168 g/mol. The molecule has 0 aliphatic carbocycles. The maximum atomic E-state index is 5.54. The summed E-state index contributed by atoms with van der Waals surface area (Å²) in [5.41, 5.74) is 9.49. The first kappa shape index (κ1) is 7.87. The molecule has 5 heteroatoms. The largest absolute Gasteiger partial charge is 0.396 e. The Morgan fingerprint density at radius 1 is 1.64 bits per heavy atom. The van der Waals surface area contributed by atoms with Crippen LogP contribution in [0.3, 0.4) is 0 Å². The van der Waals surface area contributed by atoms with Gasteiger partial charge >= 0.3 is 0 Å². The number of nitrogen functional groups attached to an aromatic ring is 1. The van der Waals surface area contributed by atoms with Crippen LogP contribution in [0.5, 0.6) is 0 Å². The summed E-state index contributed by atoms with van der Waals surface area (Å²) in [5.74, 6) is 0.514. The maximum Gasteiger partial charge on any atom is 0.170 e. The van der Waals surface area contributed by atoms with E-state index in [0.29, 0.717) is 11.5 Å². The first-order valence-electron chi connectivity index (χ1n) is 3.05. The normalized spacial score (nSPS) is 9.18. The third-order valence-corrected chi connectivity index (χ3v) is 1.31. The minimum Gasteiger partial charge on any atom is -0.396 e. The molecule has 0 aromatic carbocycles. The summed E-state index contributed by atoms with van der Waals surface area (Å²) in [6, 6.07) is 3.58. The highest BCUT2D eigenvalue weighted by Crippen LogP contribution is 2.14. The van der Waals surface area contributed by atoms with Crippen LogP contribution in [-0.2, 0) is 12.4 Å². The second kappa shape index (κ2) is 3.25. The Morgan fingerprint density at radius 2 is 2.36 bits per heavy atom. The Hall–Kier alpha value is -1.23. The SMILES string of the molecule is Cc1ccc(N)c(NN=S)n1. The fourth-order valence-electron chi connectivity index (χ4n) is 0.700. The topological polar surface area (TPSA) is 63.3 Å². The average molecular weight is 168 g/mol. The lowest BCUT2D eigenvalue weighted by Crippen LogP contribution is -1.98. The van der Waals surface area contributed by atoms with E-state index >= 15 is 0 Å². The molecule has 0 amide bonds. The molecule has 0 spiro atoms. The summed E-state index contributed by atoms with van der Waals surface area (Å²) in [6.45, 7) is 1.87. The van der Waals surface area contributed by atoms with Crippen molar-refractivity contribution in [2.24, 2.45) is 4.47 Å². The molecule has 11 heavy (non-hydrogen) atoms. The molecule has 1 aromatic heterocycles. The average Bonchev–Trinajstić information content (AvgIpc) is 1.98. The van der Waals surface area contributed by atoms with Gasteiger partial charge < -0.3 is 5.73 Å². The van der Waals surface area contributed by atoms with Crippen LogP contribution in [0.4, 0.5) is 11.5 Å². The van der Waals surface area contributed by atoms with Gasteiger partial charge in [0.1, 0.15) is 0 Å². The van der Waals surface area contributed by atoms with Crippen LogP contribution < -0.4 is 11.2 Å². The Morgan fingerprint density at radius 3 is 3.00 bits per heavy atom. The number of nitrogens with two attached hydrogens (primary N) is 1. The number of aromatic nitrogens is 1. The van der Waals surface area contributed by atoms with Crippen molar-refractivity contribution in [2.75, 3.05) is 11.2 Å². The number of rotatable bonds is 2. The number of nitrogens with zero attached hydrogens (tertiary/aromatic N) is 2. The minimum absolute atomic E-state index is 0.514. The molecule has 0 radical (unpaired) electrons. The Kier molecular flexibility index (Phi) is 2.32. The lowest BCUT2D eigenvalue weighted by molar-refractivity contribution is 1.17. The molecule has 0 fully saturated rings. The summed E-state index contributed by atoms with van der Waals surface area (Å²) < 4.78 is 3.30. The highest BCUT2D eigenvalue weighted by Gasteiger charge is 1.97. The zero-order chi connectivity index (χ0) is 8.27. The van der Waals surface area contributed by atoms with Gasteiger partial charge in [0.15, 0.2) is 5.82 Å². The number of nitrogens with one attached hydrogen (secondary N) is 1. The van der Waals surface area contributed by atoms with E-state index in [1.165, 1.54) is 0 Å². The van der Waals surface area contributed by atoms with E-state index in [1.54, 1.807) is 6.07 Å². The number of hydrogen-bond acceptors (Lipinski definition) is 4. The predicted octanol–water partition coefficient (Wildman–Crippen LogP) is 1.03. The van der Waals surface area contributed by atoms with Crippen LogP contribution in [-0.4, -0.2) is 4.98 Å². The zero-order valence-electron chi connectivity index (χ0n) is 6.03. The van der Waals surface area contributed by atoms with Gasteiger partial charge in [0.2, 0.25) is 0 Å². The lowest BCUT2D eigenvalue weighted by atomic mass is 10.3. The van der Waals surface area contributed by atoms with Crippen molar-refractivity contribution in [3.63, 3.8) is 0 Å². The molecule has 1 aromatic rings. The Labute approximate surface area is 70.0 Å². The van der Waals surface area contributed by atoms with Gasteiger partial charge in [-0.2, -0.15) is 0 Å². The molecule has 1 rings (SSSR count). The van der Waals surface area contributed by atoms with Gasteiger partial charge in [0.25, 0.3) is 0 Å². The molecule has 1 heterocycles. The van der Waals surface area contributed by atoms with Crippen LogP contribution in [0.1, 0.15) is 5.69 Å². The molecule has 3 N–H and O–H groups in total. The molecule has 0 unspecified atom stereocenters. The van der Waals surface area contributed by atoms with Crippen molar-refractivity contribution < 1.29 is 0 Å². The predicted molar refractivity (Wildman–Crippen MR) is 46.8 cm³/mol.